The van der Waals surface area contributed by atoms with Gasteiger partial charge in [0.15, 0.2) is 0 Å². The molecular formula is C26H41FeO+2. The van der Waals surface area contributed by atoms with Gasteiger partial charge in [0.05, 0.1) is 0 Å². The zero-order valence-electron chi connectivity index (χ0n) is 17.9. The maximum absolute atomic E-state index is 9.90. The van der Waals surface area contributed by atoms with E-state index in [4.69, 9.17) is 0 Å². The Morgan fingerprint density at radius 1 is 0.571 bits per heavy atom. The van der Waals surface area contributed by atoms with E-state index in [-0.39, 0.29) is 17.1 Å². The molecule has 2 aliphatic carbocycles. The van der Waals surface area contributed by atoms with E-state index in [1.807, 2.05) is 57.8 Å². The van der Waals surface area contributed by atoms with Gasteiger partial charge < -0.3 is 5.11 Å². The molecular weight excluding hydrogens is 384 g/mol. The monoisotopic (exact) mass is 425 g/mol. The number of rotatable bonds is 15. The van der Waals surface area contributed by atoms with Crippen molar-refractivity contribution >= 4 is 0 Å². The molecule has 0 bridgehead atoms. The Morgan fingerprint density at radius 2 is 0.929 bits per heavy atom. The summed E-state index contributed by atoms with van der Waals surface area (Å²) in [4.78, 5) is 0. The molecule has 2 heteroatoms. The largest absolute Gasteiger partial charge is 2.00 e. The van der Waals surface area contributed by atoms with Gasteiger partial charge in [-0.05, 0) is 64.2 Å². The topological polar surface area (TPSA) is 20.2 Å². The van der Waals surface area contributed by atoms with Crippen LogP contribution in [0.25, 0.3) is 0 Å². The standard InChI is InChI=1S/C21H36O.C5H5.Fe/c1-2-3-4-5-6-7-8-9-10-11-12-13-14-19-21(22)20-17-15-16-18-20;1-2-4-5-3-1;/h15-18,22H,2-14,19H2,1H3;1-5H;/q;;+2. The second-order valence-corrected chi connectivity index (χ2v) is 7.58. The molecule has 28 heavy (non-hydrogen) atoms. The molecule has 0 heterocycles. The molecule has 0 aromatic rings. The van der Waals surface area contributed by atoms with Crippen molar-refractivity contribution in [1.82, 2.24) is 0 Å². The molecule has 2 rings (SSSR count). The summed E-state index contributed by atoms with van der Waals surface area (Å²) in [6.07, 6.45) is 37.2. The zero-order chi connectivity index (χ0) is 19.4. The summed E-state index contributed by atoms with van der Waals surface area (Å²) in [6.45, 7) is 2.28. The Bertz CT molecular complexity index is 277. The summed E-state index contributed by atoms with van der Waals surface area (Å²) in [5, 5.41) is 9.90. The molecule has 0 aliphatic heterocycles. The molecule has 0 atom stereocenters. The van der Waals surface area contributed by atoms with E-state index in [0.29, 0.717) is 6.10 Å². The molecule has 0 amide bonds. The first-order valence-corrected chi connectivity index (χ1v) is 11.3. The number of hydrogen-bond donors (Lipinski definition) is 1. The fourth-order valence-corrected chi connectivity index (χ4v) is 3.34. The summed E-state index contributed by atoms with van der Waals surface area (Å²) >= 11 is 0. The molecule has 0 spiro atoms. The summed E-state index contributed by atoms with van der Waals surface area (Å²) in [5.74, 6) is 0.999. The van der Waals surface area contributed by atoms with Gasteiger partial charge in [-0.3, -0.25) is 0 Å². The van der Waals surface area contributed by atoms with Crippen LogP contribution in [0.15, 0.2) is 0 Å². The van der Waals surface area contributed by atoms with Crippen LogP contribution in [0.2, 0.25) is 0 Å². The van der Waals surface area contributed by atoms with Gasteiger partial charge in [0, 0.05) is 5.92 Å². The smallest absolute Gasteiger partial charge is 0.386 e. The van der Waals surface area contributed by atoms with Gasteiger partial charge in [-0.1, -0.05) is 90.4 Å². The first-order valence-electron chi connectivity index (χ1n) is 11.3. The van der Waals surface area contributed by atoms with Crippen molar-refractivity contribution in [2.45, 2.75) is 96.8 Å². The van der Waals surface area contributed by atoms with Crippen molar-refractivity contribution in [2.75, 3.05) is 0 Å². The van der Waals surface area contributed by atoms with Gasteiger partial charge in [-0.15, -0.1) is 0 Å². The second kappa shape index (κ2) is 22.2. The van der Waals surface area contributed by atoms with Crippen LogP contribution < -0.4 is 0 Å². The first kappa shape index (κ1) is 28.5. The van der Waals surface area contributed by atoms with E-state index in [1.165, 1.54) is 77.0 Å². The van der Waals surface area contributed by atoms with Crippen molar-refractivity contribution in [1.29, 1.82) is 0 Å². The third-order valence-electron chi connectivity index (χ3n) is 5.07. The average Bonchev–Trinajstić information content (AvgIpc) is 3.42. The molecule has 0 aromatic heterocycles. The Morgan fingerprint density at radius 3 is 1.32 bits per heavy atom. The van der Waals surface area contributed by atoms with Crippen molar-refractivity contribution in [3.63, 3.8) is 0 Å². The SMILES string of the molecule is CCCCCCCCCCCCCCC[C](O)[C]1[CH][CH][CH][CH]1.[CH]1[CH][CH][CH][CH]1.[Fe+2]. The number of aliphatic hydroxyl groups excluding tert-OH is 1. The van der Waals surface area contributed by atoms with Crippen LogP contribution in [-0.4, -0.2) is 5.11 Å². The molecule has 1 N–H and O–H groups in total. The minimum Gasteiger partial charge on any atom is -0.386 e. The van der Waals surface area contributed by atoms with Gasteiger partial charge in [0.2, 0.25) is 0 Å². The van der Waals surface area contributed by atoms with Crippen LogP contribution in [0.5, 0.6) is 0 Å². The normalized spacial score (nSPS) is 16.8. The molecule has 0 saturated heterocycles. The Kier molecular flexibility index (Phi) is 22.6. The predicted octanol–water partition coefficient (Wildman–Crippen LogP) is 7.80. The summed E-state index contributed by atoms with van der Waals surface area (Å²) < 4.78 is 0. The van der Waals surface area contributed by atoms with Crippen molar-refractivity contribution < 1.29 is 22.2 Å². The van der Waals surface area contributed by atoms with Crippen LogP contribution in [0, 0.1) is 69.8 Å². The average molecular weight is 425 g/mol. The Hall–Kier alpha value is 0.479. The minimum atomic E-state index is 0. The summed E-state index contributed by atoms with van der Waals surface area (Å²) in [5.41, 5.74) is 0. The van der Waals surface area contributed by atoms with E-state index >= 15 is 0 Å². The zero-order valence-corrected chi connectivity index (χ0v) is 19.0. The van der Waals surface area contributed by atoms with E-state index < -0.39 is 0 Å². The number of hydrogen-bond acceptors (Lipinski definition) is 1. The maximum Gasteiger partial charge on any atom is 2.00 e. The van der Waals surface area contributed by atoms with Crippen LogP contribution in [0.1, 0.15) is 96.8 Å². The second-order valence-electron chi connectivity index (χ2n) is 7.58. The van der Waals surface area contributed by atoms with Crippen LogP contribution in [-0.2, 0) is 17.1 Å². The predicted molar refractivity (Wildman–Crippen MR) is 117 cm³/mol. The minimum absolute atomic E-state index is 0. The third-order valence-corrected chi connectivity index (χ3v) is 5.07. The molecule has 2 aliphatic rings. The maximum atomic E-state index is 9.90. The van der Waals surface area contributed by atoms with Gasteiger partial charge in [-0.2, -0.15) is 0 Å². The van der Waals surface area contributed by atoms with E-state index in [0.717, 1.165) is 18.8 Å². The molecule has 11 radical (unpaired) electrons. The number of unbranched alkanes of at least 4 members (excludes halogenated alkanes) is 12. The van der Waals surface area contributed by atoms with Crippen LogP contribution >= 0.6 is 0 Å². The van der Waals surface area contributed by atoms with Gasteiger partial charge in [-0.25, -0.2) is 0 Å². The van der Waals surface area contributed by atoms with E-state index in [1.54, 1.807) is 0 Å². The Labute approximate surface area is 188 Å². The number of aliphatic hydroxyl groups is 1. The Balaban J connectivity index is 0.00000105. The third kappa shape index (κ3) is 17.3. The molecule has 0 unspecified atom stereocenters. The molecule has 0 aromatic carbocycles. The van der Waals surface area contributed by atoms with Crippen molar-refractivity contribution in [2.24, 2.45) is 0 Å². The molecule has 157 valence electrons. The fraction of sp³-hybridized carbons (Fsp3) is 0.577. The van der Waals surface area contributed by atoms with Gasteiger partial charge in [0.1, 0.15) is 6.10 Å². The van der Waals surface area contributed by atoms with Gasteiger partial charge >= 0.3 is 17.1 Å². The first-order chi connectivity index (χ1) is 13.3. The van der Waals surface area contributed by atoms with E-state index in [9.17, 15) is 5.11 Å². The molecule has 1 nitrogen and oxygen atoms in total. The van der Waals surface area contributed by atoms with Crippen LogP contribution in [0.4, 0.5) is 0 Å². The summed E-state index contributed by atoms with van der Waals surface area (Å²) in [7, 11) is 0. The van der Waals surface area contributed by atoms with Gasteiger partial charge in [0.25, 0.3) is 0 Å². The van der Waals surface area contributed by atoms with E-state index in [2.05, 4.69) is 6.92 Å². The fourth-order valence-electron chi connectivity index (χ4n) is 3.34. The summed E-state index contributed by atoms with van der Waals surface area (Å²) in [6, 6.07) is 0. The molecule has 2 fully saturated rings. The van der Waals surface area contributed by atoms with Crippen LogP contribution in [0.3, 0.4) is 0 Å². The van der Waals surface area contributed by atoms with Crippen molar-refractivity contribution in [3.8, 4) is 0 Å². The quantitative estimate of drug-likeness (QED) is 0.210. The molecule has 2 saturated carbocycles. The van der Waals surface area contributed by atoms with Crippen molar-refractivity contribution in [3.05, 3.63) is 69.8 Å².